The van der Waals surface area contributed by atoms with Crippen LogP contribution in [0.2, 0.25) is 0 Å². The number of aliphatic carboxylic acids is 1. The van der Waals surface area contributed by atoms with E-state index in [1.807, 2.05) is 30.3 Å². The maximum atomic E-state index is 12.7. The zero-order chi connectivity index (χ0) is 19.4. The monoisotopic (exact) mass is 372 g/mol. The number of aromatic amines is 1. The van der Waals surface area contributed by atoms with Gasteiger partial charge in [-0.25, -0.2) is 0 Å². The number of H-pyrrole nitrogens is 1. The Hall–Kier alpha value is -2.74. The molecule has 0 spiro atoms. The van der Waals surface area contributed by atoms with Crippen LogP contribution in [0.4, 0.5) is 0 Å². The summed E-state index contributed by atoms with van der Waals surface area (Å²) in [5, 5.41) is 30.6. The third-order valence-corrected chi connectivity index (χ3v) is 5.35. The number of amides is 1. The Morgan fingerprint density at radius 3 is 2.67 bits per heavy atom. The van der Waals surface area contributed by atoms with Crippen molar-refractivity contribution in [2.45, 2.75) is 38.7 Å². The summed E-state index contributed by atoms with van der Waals surface area (Å²) in [4.78, 5) is 26.3. The number of nitrogens with zero attached hydrogens (tertiary/aromatic N) is 3. The van der Waals surface area contributed by atoms with Gasteiger partial charge >= 0.3 is 5.97 Å². The van der Waals surface area contributed by atoms with Crippen LogP contribution in [-0.2, 0) is 11.2 Å². The van der Waals surface area contributed by atoms with Crippen molar-refractivity contribution < 1.29 is 19.8 Å². The molecular weight excluding hydrogens is 348 g/mol. The standard InChI is InChI=1S/C19H24N4O4/c1-13-16(21-22-20-13)17(25)23-11-9-15(24)19(12-23,18(26)27)10-5-8-14-6-3-2-4-7-14/h2-4,6-7,15,24H,5,8-12H2,1H3,(H,26,27)(H,20,21,22)/t15-,19+/m0/s1. The fraction of sp³-hybridized carbons (Fsp3) is 0.474. The molecule has 144 valence electrons. The number of hydrogen-bond donors (Lipinski definition) is 3. The summed E-state index contributed by atoms with van der Waals surface area (Å²) in [6, 6.07) is 9.81. The smallest absolute Gasteiger partial charge is 0.314 e. The Bertz CT molecular complexity index is 807. The molecule has 2 aromatic rings. The maximum absolute atomic E-state index is 12.7. The van der Waals surface area contributed by atoms with Crippen LogP contribution in [0.1, 0.15) is 41.0 Å². The van der Waals surface area contributed by atoms with E-state index in [9.17, 15) is 19.8 Å². The van der Waals surface area contributed by atoms with Crippen LogP contribution in [0.5, 0.6) is 0 Å². The number of benzene rings is 1. The third kappa shape index (κ3) is 3.85. The number of aromatic nitrogens is 3. The predicted molar refractivity (Wildman–Crippen MR) is 97.1 cm³/mol. The molecule has 1 fully saturated rings. The molecule has 2 heterocycles. The van der Waals surface area contributed by atoms with Gasteiger partial charge in [-0.3, -0.25) is 9.59 Å². The molecule has 0 aliphatic carbocycles. The number of piperidine rings is 1. The van der Waals surface area contributed by atoms with Crippen molar-refractivity contribution in [2.24, 2.45) is 5.41 Å². The lowest BCUT2D eigenvalue weighted by atomic mass is 9.73. The molecular formula is C19H24N4O4. The average Bonchev–Trinajstić information content (AvgIpc) is 3.09. The van der Waals surface area contributed by atoms with E-state index in [2.05, 4.69) is 15.4 Å². The highest BCUT2D eigenvalue weighted by molar-refractivity contribution is 5.93. The minimum atomic E-state index is -1.37. The molecule has 8 heteroatoms. The number of aryl methyl sites for hydroxylation is 2. The molecule has 27 heavy (non-hydrogen) atoms. The summed E-state index contributed by atoms with van der Waals surface area (Å²) in [6.45, 7) is 1.92. The van der Waals surface area contributed by atoms with Crippen LogP contribution < -0.4 is 0 Å². The van der Waals surface area contributed by atoms with Crippen molar-refractivity contribution in [2.75, 3.05) is 13.1 Å². The van der Waals surface area contributed by atoms with E-state index in [1.165, 1.54) is 4.90 Å². The molecule has 0 radical (unpaired) electrons. The van der Waals surface area contributed by atoms with E-state index in [0.29, 0.717) is 25.1 Å². The minimum Gasteiger partial charge on any atom is -0.481 e. The summed E-state index contributed by atoms with van der Waals surface area (Å²) in [6.07, 6.45) is 0.852. The molecule has 0 saturated carbocycles. The molecule has 2 atom stereocenters. The van der Waals surface area contributed by atoms with Crippen molar-refractivity contribution in [3.8, 4) is 0 Å². The van der Waals surface area contributed by atoms with Crippen molar-refractivity contribution >= 4 is 11.9 Å². The highest BCUT2D eigenvalue weighted by Crippen LogP contribution is 2.36. The minimum absolute atomic E-state index is 0.0383. The number of aliphatic hydroxyl groups is 1. The number of aliphatic hydroxyl groups excluding tert-OH is 1. The molecule has 1 saturated heterocycles. The molecule has 0 bridgehead atoms. The summed E-state index contributed by atoms with van der Waals surface area (Å²) in [5.74, 6) is -1.43. The zero-order valence-corrected chi connectivity index (χ0v) is 15.3. The van der Waals surface area contributed by atoms with Gasteiger partial charge < -0.3 is 15.1 Å². The van der Waals surface area contributed by atoms with E-state index in [1.54, 1.807) is 6.92 Å². The molecule has 1 aromatic heterocycles. The molecule has 0 unspecified atom stereocenters. The molecule has 1 amide bonds. The van der Waals surface area contributed by atoms with Gasteiger partial charge in [0.1, 0.15) is 5.41 Å². The second-order valence-corrected chi connectivity index (χ2v) is 7.09. The van der Waals surface area contributed by atoms with Crippen LogP contribution in [0, 0.1) is 12.3 Å². The van der Waals surface area contributed by atoms with Crippen molar-refractivity contribution in [1.82, 2.24) is 20.3 Å². The number of carbonyl (C=O) groups is 2. The number of carbonyl (C=O) groups excluding carboxylic acids is 1. The Morgan fingerprint density at radius 1 is 1.30 bits per heavy atom. The first-order valence-electron chi connectivity index (χ1n) is 9.06. The van der Waals surface area contributed by atoms with E-state index >= 15 is 0 Å². The summed E-state index contributed by atoms with van der Waals surface area (Å²) in [7, 11) is 0. The third-order valence-electron chi connectivity index (χ3n) is 5.35. The number of likely N-dealkylation sites (tertiary alicyclic amines) is 1. The highest BCUT2D eigenvalue weighted by atomic mass is 16.4. The van der Waals surface area contributed by atoms with E-state index < -0.39 is 17.5 Å². The predicted octanol–water partition coefficient (Wildman–Crippen LogP) is 1.41. The van der Waals surface area contributed by atoms with Gasteiger partial charge in [-0.1, -0.05) is 30.3 Å². The Kier molecular flexibility index (Phi) is 5.55. The number of rotatable bonds is 6. The van der Waals surface area contributed by atoms with Gasteiger partial charge in [-0.05, 0) is 38.2 Å². The quantitative estimate of drug-likeness (QED) is 0.705. The fourth-order valence-corrected chi connectivity index (χ4v) is 3.70. The summed E-state index contributed by atoms with van der Waals surface area (Å²) >= 11 is 0. The first kappa shape index (κ1) is 19.0. The van der Waals surface area contributed by atoms with Crippen LogP contribution in [0.15, 0.2) is 30.3 Å². The van der Waals surface area contributed by atoms with E-state index in [4.69, 9.17) is 0 Å². The number of carboxylic acids is 1. The maximum Gasteiger partial charge on any atom is 0.314 e. The molecule has 1 aliphatic rings. The van der Waals surface area contributed by atoms with Gasteiger partial charge in [0.2, 0.25) is 0 Å². The zero-order valence-electron chi connectivity index (χ0n) is 15.3. The highest BCUT2D eigenvalue weighted by Gasteiger charge is 2.50. The van der Waals surface area contributed by atoms with Gasteiger partial charge in [0, 0.05) is 13.1 Å². The number of carboxylic acid groups (broad SMARTS) is 1. The van der Waals surface area contributed by atoms with Crippen LogP contribution in [0.3, 0.4) is 0 Å². The normalized spacial score (nSPS) is 22.6. The van der Waals surface area contributed by atoms with Gasteiger partial charge in [0.05, 0.1) is 11.8 Å². The first-order valence-corrected chi connectivity index (χ1v) is 9.06. The van der Waals surface area contributed by atoms with Crippen LogP contribution in [-0.4, -0.2) is 61.6 Å². The van der Waals surface area contributed by atoms with Gasteiger partial charge in [-0.15, -0.1) is 0 Å². The second kappa shape index (κ2) is 7.87. The van der Waals surface area contributed by atoms with Gasteiger partial charge in [-0.2, -0.15) is 15.4 Å². The second-order valence-electron chi connectivity index (χ2n) is 7.09. The SMILES string of the molecule is Cc1n[nH]nc1C(=O)N1CC[C@H](O)[C@](CCCc2ccccc2)(C(=O)O)C1. The summed E-state index contributed by atoms with van der Waals surface area (Å²) in [5.41, 5.74) is 0.404. The molecule has 3 rings (SSSR count). The molecule has 1 aromatic carbocycles. The lowest BCUT2D eigenvalue weighted by molar-refractivity contribution is -0.162. The lowest BCUT2D eigenvalue weighted by Gasteiger charge is -2.43. The first-order chi connectivity index (χ1) is 12.9. The molecule has 1 aliphatic heterocycles. The van der Waals surface area contributed by atoms with Crippen molar-refractivity contribution in [1.29, 1.82) is 0 Å². The van der Waals surface area contributed by atoms with Gasteiger partial charge in [0.15, 0.2) is 5.69 Å². The average molecular weight is 372 g/mol. The Labute approximate surface area is 157 Å². The van der Waals surface area contributed by atoms with E-state index in [0.717, 1.165) is 12.0 Å². The fourth-order valence-electron chi connectivity index (χ4n) is 3.70. The number of hydrogen-bond acceptors (Lipinski definition) is 5. The topological polar surface area (TPSA) is 119 Å². The molecule has 8 nitrogen and oxygen atoms in total. The van der Waals surface area contributed by atoms with E-state index in [-0.39, 0.29) is 24.6 Å². The van der Waals surface area contributed by atoms with Gasteiger partial charge in [0.25, 0.3) is 5.91 Å². The summed E-state index contributed by atoms with van der Waals surface area (Å²) < 4.78 is 0. The number of nitrogens with one attached hydrogen (secondary N) is 1. The Balaban J connectivity index is 1.74. The van der Waals surface area contributed by atoms with Crippen molar-refractivity contribution in [3.63, 3.8) is 0 Å². The van der Waals surface area contributed by atoms with Crippen LogP contribution >= 0.6 is 0 Å². The lowest BCUT2D eigenvalue weighted by Crippen LogP contribution is -2.57. The molecule has 3 N–H and O–H groups in total. The van der Waals surface area contributed by atoms with Crippen molar-refractivity contribution in [3.05, 3.63) is 47.3 Å². The largest absolute Gasteiger partial charge is 0.481 e. The Morgan fingerprint density at radius 2 is 2.04 bits per heavy atom. The van der Waals surface area contributed by atoms with Crippen LogP contribution in [0.25, 0.3) is 0 Å².